The first kappa shape index (κ1) is 8.55. The van der Waals surface area contributed by atoms with Crippen molar-refractivity contribution in [2.75, 3.05) is 6.61 Å². The lowest BCUT2D eigenvalue weighted by molar-refractivity contribution is 0.360. The largest absolute Gasteiger partial charge is 0.373 e. The van der Waals surface area contributed by atoms with Crippen molar-refractivity contribution in [3.8, 4) is 0 Å². The van der Waals surface area contributed by atoms with Crippen molar-refractivity contribution in [1.82, 2.24) is 0 Å². The Labute approximate surface area is 75.5 Å². The summed E-state index contributed by atoms with van der Waals surface area (Å²) in [7, 11) is 0. The molecule has 1 nitrogen and oxygen atoms in total. The molecule has 1 heterocycles. The topological polar surface area (TPSA) is 12.5 Å². The standard InChI is InChI=1S/C8H14.C3H6O/c1-6-4-7-2-3-8(6)5-7;1-3-2-4-3/h6-8H,2-5H2,1H3;3H,2H2,1H3. The minimum absolute atomic E-state index is 0.583. The fourth-order valence-electron chi connectivity index (χ4n) is 2.66. The summed E-state index contributed by atoms with van der Waals surface area (Å²) < 4.78 is 4.71. The molecule has 4 atom stereocenters. The maximum absolute atomic E-state index is 4.71. The van der Waals surface area contributed by atoms with Gasteiger partial charge in [-0.1, -0.05) is 13.3 Å². The third kappa shape index (κ3) is 2.01. The van der Waals surface area contributed by atoms with Crippen molar-refractivity contribution in [1.29, 1.82) is 0 Å². The maximum Gasteiger partial charge on any atom is 0.0781 e. The highest BCUT2D eigenvalue weighted by molar-refractivity contribution is 4.87. The average molecular weight is 168 g/mol. The molecule has 0 aromatic heterocycles. The lowest BCUT2D eigenvalue weighted by Crippen LogP contribution is -2.04. The van der Waals surface area contributed by atoms with E-state index in [9.17, 15) is 0 Å². The van der Waals surface area contributed by atoms with Gasteiger partial charge in [-0.05, 0) is 43.9 Å². The molecule has 12 heavy (non-hydrogen) atoms. The van der Waals surface area contributed by atoms with Crippen LogP contribution in [0.3, 0.4) is 0 Å². The Kier molecular flexibility index (Phi) is 2.40. The Morgan fingerprint density at radius 1 is 1.08 bits per heavy atom. The molecular weight excluding hydrogens is 148 g/mol. The van der Waals surface area contributed by atoms with E-state index in [1.165, 1.54) is 0 Å². The molecule has 3 aliphatic rings. The first-order chi connectivity index (χ1) is 5.75. The second kappa shape index (κ2) is 3.37. The van der Waals surface area contributed by atoms with Crippen molar-refractivity contribution >= 4 is 0 Å². The smallest absolute Gasteiger partial charge is 0.0781 e. The Morgan fingerprint density at radius 3 is 1.92 bits per heavy atom. The number of ether oxygens (including phenoxy) is 1. The van der Waals surface area contributed by atoms with Crippen LogP contribution in [0.1, 0.15) is 39.5 Å². The summed E-state index contributed by atoms with van der Waals surface area (Å²) in [5.74, 6) is 3.36. The van der Waals surface area contributed by atoms with Gasteiger partial charge in [0, 0.05) is 0 Å². The van der Waals surface area contributed by atoms with Crippen molar-refractivity contribution in [3.05, 3.63) is 0 Å². The summed E-state index contributed by atoms with van der Waals surface area (Å²) in [6.07, 6.45) is 6.80. The molecule has 2 saturated carbocycles. The van der Waals surface area contributed by atoms with Crippen LogP contribution < -0.4 is 0 Å². The third-order valence-electron chi connectivity index (χ3n) is 3.59. The van der Waals surface area contributed by atoms with Gasteiger partial charge in [-0.3, -0.25) is 0 Å². The summed E-state index contributed by atoms with van der Waals surface area (Å²) in [4.78, 5) is 0. The number of hydrogen-bond donors (Lipinski definition) is 0. The number of fused-ring (bicyclic) bond motifs is 2. The predicted molar refractivity (Wildman–Crippen MR) is 50.0 cm³/mol. The monoisotopic (exact) mass is 168 g/mol. The molecule has 0 N–H and O–H groups in total. The molecule has 2 aliphatic carbocycles. The third-order valence-corrected chi connectivity index (χ3v) is 3.59. The zero-order valence-corrected chi connectivity index (χ0v) is 8.25. The molecule has 0 spiro atoms. The molecule has 1 saturated heterocycles. The van der Waals surface area contributed by atoms with E-state index in [0.29, 0.717) is 6.10 Å². The van der Waals surface area contributed by atoms with Crippen LogP contribution >= 0.6 is 0 Å². The van der Waals surface area contributed by atoms with E-state index >= 15 is 0 Å². The van der Waals surface area contributed by atoms with Crippen LogP contribution in [0.15, 0.2) is 0 Å². The van der Waals surface area contributed by atoms with Gasteiger partial charge in [-0.2, -0.15) is 0 Å². The number of epoxide rings is 1. The van der Waals surface area contributed by atoms with Crippen LogP contribution in [0.2, 0.25) is 0 Å². The van der Waals surface area contributed by atoms with Crippen molar-refractivity contribution in [2.45, 2.75) is 45.6 Å². The predicted octanol–water partition coefficient (Wildman–Crippen LogP) is 2.85. The summed E-state index contributed by atoms with van der Waals surface area (Å²) in [5, 5.41) is 0. The molecule has 1 heteroatoms. The van der Waals surface area contributed by atoms with Gasteiger partial charge in [0.25, 0.3) is 0 Å². The van der Waals surface area contributed by atoms with Gasteiger partial charge in [0.1, 0.15) is 0 Å². The Morgan fingerprint density at radius 2 is 1.75 bits per heavy atom. The van der Waals surface area contributed by atoms with Gasteiger partial charge < -0.3 is 4.74 Å². The molecule has 0 aromatic rings. The van der Waals surface area contributed by atoms with Crippen LogP contribution in [-0.2, 0) is 4.74 Å². The maximum atomic E-state index is 4.71. The second-order valence-corrected chi connectivity index (χ2v) is 4.80. The van der Waals surface area contributed by atoms with E-state index in [4.69, 9.17) is 4.74 Å². The lowest BCUT2D eigenvalue weighted by Gasteiger charge is -2.15. The van der Waals surface area contributed by atoms with Gasteiger partial charge in [0.15, 0.2) is 0 Å². The molecule has 0 amide bonds. The highest BCUT2D eigenvalue weighted by Crippen LogP contribution is 2.47. The Hall–Kier alpha value is -0.0400. The molecule has 3 fully saturated rings. The Bertz CT molecular complexity index is 149. The first-order valence-electron chi connectivity index (χ1n) is 5.37. The quantitative estimate of drug-likeness (QED) is 0.507. The molecule has 4 unspecified atom stereocenters. The van der Waals surface area contributed by atoms with E-state index in [2.05, 4.69) is 13.8 Å². The number of hydrogen-bond acceptors (Lipinski definition) is 1. The highest BCUT2D eigenvalue weighted by Gasteiger charge is 2.36. The molecule has 70 valence electrons. The highest BCUT2D eigenvalue weighted by atomic mass is 16.6. The van der Waals surface area contributed by atoms with E-state index < -0.39 is 0 Å². The summed E-state index contributed by atoms with van der Waals surface area (Å²) >= 11 is 0. The van der Waals surface area contributed by atoms with Crippen LogP contribution in [0.5, 0.6) is 0 Å². The summed E-state index contributed by atoms with van der Waals surface area (Å²) in [5.41, 5.74) is 0. The molecule has 1 aliphatic heterocycles. The molecular formula is C11H20O. The van der Waals surface area contributed by atoms with E-state index in [1.54, 1.807) is 25.7 Å². The minimum Gasteiger partial charge on any atom is -0.373 e. The minimum atomic E-state index is 0.583. The SMILES string of the molecule is CC1CC2CCC1C2.CC1CO1. The molecule has 3 rings (SSSR count). The fraction of sp³-hybridized carbons (Fsp3) is 1.00. The average Bonchev–Trinajstić information content (AvgIpc) is 2.62. The zero-order chi connectivity index (χ0) is 8.55. The molecule has 2 bridgehead atoms. The van der Waals surface area contributed by atoms with Crippen molar-refractivity contribution < 1.29 is 4.74 Å². The summed E-state index contributed by atoms with van der Waals surface area (Å²) in [6.45, 7) is 5.46. The lowest BCUT2D eigenvalue weighted by atomic mass is 9.91. The number of rotatable bonds is 0. The van der Waals surface area contributed by atoms with Gasteiger partial charge >= 0.3 is 0 Å². The van der Waals surface area contributed by atoms with Crippen LogP contribution in [-0.4, -0.2) is 12.7 Å². The molecule has 0 aromatic carbocycles. The van der Waals surface area contributed by atoms with Crippen LogP contribution in [0.25, 0.3) is 0 Å². The van der Waals surface area contributed by atoms with Gasteiger partial charge in [-0.15, -0.1) is 0 Å². The van der Waals surface area contributed by atoms with Crippen LogP contribution in [0, 0.1) is 17.8 Å². The second-order valence-electron chi connectivity index (χ2n) is 4.80. The van der Waals surface area contributed by atoms with E-state index in [0.717, 1.165) is 24.4 Å². The van der Waals surface area contributed by atoms with Gasteiger partial charge in [0.2, 0.25) is 0 Å². The fourth-order valence-corrected chi connectivity index (χ4v) is 2.66. The molecule has 0 radical (unpaired) electrons. The Balaban J connectivity index is 0.000000119. The van der Waals surface area contributed by atoms with Crippen molar-refractivity contribution in [2.24, 2.45) is 17.8 Å². The van der Waals surface area contributed by atoms with Gasteiger partial charge in [0.05, 0.1) is 12.7 Å². The van der Waals surface area contributed by atoms with E-state index in [-0.39, 0.29) is 0 Å². The van der Waals surface area contributed by atoms with E-state index in [1.807, 2.05) is 0 Å². The van der Waals surface area contributed by atoms with Crippen molar-refractivity contribution in [3.63, 3.8) is 0 Å². The first-order valence-corrected chi connectivity index (χ1v) is 5.37. The normalized spacial score (nSPS) is 48.5. The zero-order valence-electron chi connectivity index (χ0n) is 8.25. The van der Waals surface area contributed by atoms with Crippen LogP contribution in [0.4, 0.5) is 0 Å². The van der Waals surface area contributed by atoms with Gasteiger partial charge in [-0.25, -0.2) is 0 Å². The summed E-state index contributed by atoms with van der Waals surface area (Å²) in [6, 6.07) is 0.